The van der Waals surface area contributed by atoms with Crippen molar-refractivity contribution < 1.29 is 37.7 Å². The number of piperazine rings is 2. The second kappa shape index (κ2) is 18.2. The van der Waals surface area contributed by atoms with Crippen LogP contribution in [-0.2, 0) is 9.47 Å². The lowest BCUT2D eigenvalue weighted by Gasteiger charge is -2.36. The van der Waals surface area contributed by atoms with Crippen molar-refractivity contribution in [3.8, 4) is 11.5 Å². The molecule has 0 aromatic heterocycles. The van der Waals surface area contributed by atoms with Gasteiger partial charge < -0.3 is 38.9 Å². The molecule has 0 spiro atoms. The van der Waals surface area contributed by atoms with Crippen molar-refractivity contribution in [3.05, 3.63) is 48.0 Å². The van der Waals surface area contributed by atoms with Crippen LogP contribution in [0.5, 0.6) is 11.5 Å². The number of ether oxygens (including phenoxy) is 3. The van der Waals surface area contributed by atoms with Gasteiger partial charge in [0.25, 0.3) is 0 Å². The van der Waals surface area contributed by atoms with Crippen LogP contribution in [0.1, 0.15) is 55.4 Å². The van der Waals surface area contributed by atoms with Crippen molar-refractivity contribution in [3.63, 3.8) is 0 Å². The van der Waals surface area contributed by atoms with Crippen LogP contribution in [0.15, 0.2) is 36.4 Å². The van der Waals surface area contributed by atoms with Crippen molar-refractivity contribution in [2.45, 2.75) is 66.6 Å². The number of carbonyl (C=O) groups is 2. The highest BCUT2D eigenvalue weighted by Crippen LogP contribution is 2.26. The van der Waals surface area contributed by atoms with E-state index in [1.807, 2.05) is 65.2 Å². The predicted molar refractivity (Wildman–Crippen MR) is 185 cm³/mol. The molecule has 264 valence electrons. The Bertz CT molecular complexity index is 1290. The molecule has 2 aromatic carbocycles. The Labute approximate surface area is 286 Å². The monoisotopic (exact) mass is 728 g/mol. The highest BCUT2D eigenvalue weighted by atomic mass is 79.9. The third kappa shape index (κ3) is 13.6. The molecular weight excluding hydrogens is 678 g/mol. The van der Waals surface area contributed by atoms with Crippen LogP contribution in [0.2, 0.25) is 0 Å². The van der Waals surface area contributed by atoms with Crippen molar-refractivity contribution in [2.75, 3.05) is 74.1 Å². The van der Waals surface area contributed by atoms with Gasteiger partial charge in [0.05, 0.1) is 18.0 Å². The van der Waals surface area contributed by atoms with E-state index < -0.39 is 17.0 Å². The van der Waals surface area contributed by atoms with Gasteiger partial charge in [0.1, 0.15) is 34.3 Å². The minimum atomic E-state index is -0.517. The molecule has 47 heavy (non-hydrogen) atoms. The van der Waals surface area contributed by atoms with E-state index in [0.717, 1.165) is 11.4 Å². The third-order valence-corrected chi connectivity index (χ3v) is 6.71. The molecule has 4 rings (SSSR count). The molecule has 1 N–H and O–H groups in total. The summed E-state index contributed by atoms with van der Waals surface area (Å²) in [7, 11) is 0. The number of phenols is 1. The van der Waals surface area contributed by atoms with Crippen molar-refractivity contribution >= 4 is 39.5 Å². The highest BCUT2D eigenvalue weighted by Gasteiger charge is 2.28. The number of phenolic OH excluding ortho intramolecular Hbond substituents is 1. The highest BCUT2D eigenvalue weighted by molar-refractivity contribution is 9.09. The van der Waals surface area contributed by atoms with Gasteiger partial charge in [0.2, 0.25) is 0 Å². The van der Waals surface area contributed by atoms with E-state index >= 15 is 0 Å². The summed E-state index contributed by atoms with van der Waals surface area (Å²) in [6.45, 7) is 19.6. The number of alkyl halides is 1. The number of anilines is 2. The zero-order chi connectivity index (χ0) is 35.4. The van der Waals surface area contributed by atoms with Gasteiger partial charge in [-0.3, -0.25) is 0 Å². The van der Waals surface area contributed by atoms with Gasteiger partial charge in [0, 0.05) is 69.8 Å². The Hall–Kier alpha value is -3.48. The Kier molecular flexibility index (Phi) is 15.3. The van der Waals surface area contributed by atoms with Crippen LogP contribution in [-0.4, -0.2) is 103 Å². The predicted octanol–water partition coefficient (Wildman–Crippen LogP) is 7.27. The van der Waals surface area contributed by atoms with Gasteiger partial charge in [-0.1, -0.05) is 22.9 Å². The number of hydrogen-bond acceptors (Lipinski definition) is 8. The van der Waals surface area contributed by atoms with Crippen LogP contribution in [0.3, 0.4) is 0 Å². The van der Waals surface area contributed by atoms with E-state index in [9.17, 15) is 23.5 Å². The Morgan fingerprint density at radius 3 is 1.45 bits per heavy atom. The average molecular weight is 730 g/mol. The minimum Gasteiger partial charge on any atom is -0.508 e. The third-order valence-electron chi connectivity index (χ3n) is 6.71. The number of nitrogens with zero attached hydrogens (tertiary/aromatic N) is 4. The fourth-order valence-corrected chi connectivity index (χ4v) is 4.67. The lowest BCUT2D eigenvalue weighted by atomic mass is 10.2. The first-order valence-electron chi connectivity index (χ1n) is 15.9. The van der Waals surface area contributed by atoms with E-state index in [-0.39, 0.29) is 23.8 Å². The van der Waals surface area contributed by atoms with E-state index in [0.29, 0.717) is 76.1 Å². The lowest BCUT2D eigenvalue weighted by molar-refractivity contribution is 0.0230. The molecule has 0 aliphatic carbocycles. The molecule has 2 heterocycles. The number of hydrogen-bond donors (Lipinski definition) is 1. The fourth-order valence-electron chi connectivity index (χ4n) is 4.67. The second-order valence-electron chi connectivity index (χ2n) is 12.9. The number of carbonyl (C=O) groups excluding carboxylic acids is 2. The van der Waals surface area contributed by atoms with Crippen LogP contribution in [0.25, 0.3) is 0 Å². The summed E-state index contributed by atoms with van der Waals surface area (Å²) in [6, 6.07) is 8.99. The summed E-state index contributed by atoms with van der Waals surface area (Å²) >= 11 is 3.15. The standard InChI is InChI=1S/C17H25FN2O3.C15H21FN2O3.C2H5Br/c1-5-22-13-6-7-15(14(18)12-13)19-8-10-20(11-9-19)16(21)23-17(2,3)4;1-15(2,3)21-14(20)18-8-6-17(7-9-18)13-5-4-11(19)10-12(13)16;1-2-3/h6-7,12H,5,8-11H2,1-4H3;4-5,10,19H,6-9H2,1-3H3;2H2,1H3. The molecule has 0 saturated carbocycles. The van der Waals surface area contributed by atoms with Crippen LogP contribution >= 0.6 is 15.9 Å². The summed E-state index contributed by atoms with van der Waals surface area (Å²) < 4.78 is 44.0. The molecule has 0 radical (unpaired) electrons. The fraction of sp³-hybridized carbons (Fsp3) is 0.588. The van der Waals surface area contributed by atoms with Crippen LogP contribution in [0, 0.1) is 11.6 Å². The smallest absolute Gasteiger partial charge is 0.410 e. The van der Waals surface area contributed by atoms with Gasteiger partial charge in [-0.2, -0.15) is 0 Å². The summed E-state index contributed by atoms with van der Waals surface area (Å²) in [5, 5.41) is 10.3. The topological polar surface area (TPSA) is 95.0 Å². The number of amides is 2. The molecule has 0 bridgehead atoms. The summed E-state index contributed by atoms with van der Waals surface area (Å²) in [5.41, 5.74) is -0.0406. The summed E-state index contributed by atoms with van der Waals surface area (Å²) in [5.74, 6) is -0.327. The quantitative estimate of drug-likeness (QED) is 0.329. The first-order valence-corrected chi connectivity index (χ1v) is 17.0. The van der Waals surface area contributed by atoms with Crippen molar-refractivity contribution in [1.82, 2.24) is 9.80 Å². The Morgan fingerprint density at radius 2 is 1.11 bits per heavy atom. The molecule has 2 aromatic rings. The van der Waals surface area contributed by atoms with Gasteiger partial charge >= 0.3 is 12.2 Å². The van der Waals surface area contributed by atoms with Crippen LogP contribution in [0.4, 0.5) is 29.7 Å². The molecular formula is C34H51BrF2N4O6. The molecule has 2 aliphatic heterocycles. The first-order chi connectivity index (χ1) is 22.0. The van der Waals surface area contributed by atoms with Gasteiger partial charge in [-0.25, -0.2) is 18.4 Å². The first kappa shape index (κ1) is 39.7. The molecule has 10 nitrogen and oxygen atoms in total. The molecule has 0 unspecified atom stereocenters. The number of benzene rings is 2. The molecule has 13 heteroatoms. The Balaban J connectivity index is 0.000000303. The number of aromatic hydroxyl groups is 1. The van der Waals surface area contributed by atoms with E-state index in [1.54, 1.807) is 28.0 Å². The number of halogens is 3. The van der Waals surface area contributed by atoms with Crippen molar-refractivity contribution in [2.24, 2.45) is 0 Å². The summed E-state index contributed by atoms with van der Waals surface area (Å²) in [4.78, 5) is 31.1. The van der Waals surface area contributed by atoms with Gasteiger partial charge in [0.15, 0.2) is 0 Å². The maximum absolute atomic E-state index is 14.2. The molecule has 2 fully saturated rings. The molecule has 2 saturated heterocycles. The molecule has 2 amide bonds. The van der Waals surface area contributed by atoms with E-state index in [2.05, 4.69) is 15.9 Å². The largest absolute Gasteiger partial charge is 0.508 e. The zero-order valence-electron chi connectivity index (χ0n) is 28.9. The van der Waals surface area contributed by atoms with E-state index in [1.165, 1.54) is 12.1 Å². The zero-order valence-corrected chi connectivity index (χ0v) is 30.5. The van der Waals surface area contributed by atoms with Gasteiger partial charge in [-0.15, -0.1) is 0 Å². The maximum Gasteiger partial charge on any atom is 0.410 e. The Morgan fingerprint density at radius 1 is 0.723 bits per heavy atom. The minimum absolute atomic E-state index is 0.0939. The molecule has 2 aliphatic rings. The van der Waals surface area contributed by atoms with Crippen molar-refractivity contribution in [1.29, 1.82) is 0 Å². The second-order valence-corrected chi connectivity index (χ2v) is 14.0. The SMILES string of the molecule is CC(C)(C)OC(=O)N1CCN(c2ccc(O)cc2F)CC1.CCBr.CCOc1ccc(N2CCN(C(=O)OC(C)(C)C)CC2)c(F)c1. The summed E-state index contributed by atoms with van der Waals surface area (Å²) in [6.07, 6.45) is -0.655. The molecule has 0 atom stereocenters. The normalized spacial score (nSPS) is 15.1. The van der Waals surface area contributed by atoms with Gasteiger partial charge in [-0.05, 0) is 72.7 Å². The lowest BCUT2D eigenvalue weighted by Crippen LogP contribution is -2.50. The van der Waals surface area contributed by atoms with E-state index in [4.69, 9.17) is 14.2 Å². The average Bonchev–Trinajstić information content (AvgIpc) is 2.97. The van der Waals surface area contributed by atoms with Crippen LogP contribution < -0.4 is 14.5 Å². The maximum atomic E-state index is 14.2. The number of rotatable bonds is 4.